The van der Waals surface area contributed by atoms with Crippen LogP contribution in [0.15, 0.2) is 53.4 Å². The summed E-state index contributed by atoms with van der Waals surface area (Å²) in [6.07, 6.45) is 5.67. The maximum atomic E-state index is 5.43. The van der Waals surface area contributed by atoms with Crippen molar-refractivity contribution in [2.45, 2.75) is 6.04 Å². The quantitative estimate of drug-likeness (QED) is 0.727. The van der Waals surface area contributed by atoms with Gasteiger partial charge in [-0.15, -0.1) is 0 Å². The molecular formula is C19H19N3O. The molecule has 2 fully saturated rings. The molecule has 23 heavy (non-hydrogen) atoms. The monoisotopic (exact) mass is 305 g/mol. The summed E-state index contributed by atoms with van der Waals surface area (Å²) in [4.78, 5) is 9.42. The minimum absolute atomic E-state index is 0.723. The second-order valence-corrected chi connectivity index (χ2v) is 6.78. The Morgan fingerprint density at radius 2 is 2.00 bits per heavy atom. The number of rotatable bonds is 2. The number of furan rings is 1. The Labute approximate surface area is 135 Å². The molecule has 0 bridgehead atoms. The van der Waals surface area contributed by atoms with Crippen molar-refractivity contribution in [2.24, 2.45) is 5.92 Å². The number of hydrogen-bond acceptors (Lipinski definition) is 4. The summed E-state index contributed by atoms with van der Waals surface area (Å²) in [7, 11) is 2.22. The first kappa shape index (κ1) is 13.1. The van der Waals surface area contributed by atoms with Gasteiger partial charge < -0.3 is 14.2 Å². The van der Waals surface area contributed by atoms with Crippen LogP contribution in [0.1, 0.15) is 0 Å². The molecule has 4 heteroatoms. The number of pyridine rings is 1. The van der Waals surface area contributed by atoms with E-state index in [9.17, 15) is 0 Å². The Balaban J connectivity index is 1.48. The first-order chi connectivity index (χ1) is 11.3. The van der Waals surface area contributed by atoms with Gasteiger partial charge in [-0.2, -0.15) is 0 Å². The molecule has 3 aromatic rings. The van der Waals surface area contributed by atoms with Crippen molar-refractivity contribution in [2.75, 3.05) is 31.6 Å². The van der Waals surface area contributed by atoms with Gasteiger partial charge in [0.05, 0.1) is 18.1 Å². The van der Waals surface area contributed by atoms with Crippen LogP contribution in [0.4, 0.5) is 5.69 Å². The summed E-state index contributed by atoms with van der Waals surface area (Å²) in [5.74, 6) is 0.825. The molecule has 0 unspecified atom stereocenters. The minimum Gasteiger partial charge on any atom is -0.464 e. The van der Waals surface area contributed by atoms with Crippen LogP contribution < -0.4 is 4.90 Å². The van der Waals surface area contributed by atoms with E-state index in [2.05, 4.69) is 40.0 Å². The molecule has 0 N–H and O–H groups in total. The molecule has 116 valence electrons. The van der Waals surface area contributed by atoms with E-state index in [1.807, 2.05) is 24.5 Å². The van der Waals surface area contributed by atoms with Gasteiger partial charge in [0.2, 0.25) is 0 Å². The number of likely N-dealkylation sites (N-methyl/N-ethyl adjacent to an activating group) is 1. The molecule has 2 saturated heterocycles. The molecule has 0 radical (unpaired) electrons. The fourth-order valence-corrected chi connectivity index (χ4v) is 4.02. The molecule has 2 atom stereocenters. The molecule has 0 aliphatic carbocycles. The number of fused-ring (bicyclic) bond motifs is 2. The summed E-state index contributed by atoms with van der Waals surface area (Å²) in [6, 6.07) is 11.3. The lowest BCUT2D eigenvalue weighted by molar-refractivity contribution is 0.0827. The zero-order valence-electron chi connectivity index (χ0n) is 13.1. The van der Waals surface area contributed by atoms with E-state index in [1.54, 1.807) is 6.26 Å². The summed E-state index contributed by atoms with van der Waals surface area (Å²) in [5, 5.41) is 1.13. The molecule has 4 nitrogen and oxygen atoms in total. The second-order valence-electron chi connectivity index (χ2n) is 6.78. The topological polar surface area (TPSA) is 32.5 Å². The van der Waals surface area contributed by atoms with Crippen molar-refractivity contribution >= 4 is 16.7 Å². The van der Waals surface area contributed by atoms with Crippen LogP contribution in [0, 0.1) is 5.92 Å². The first-order valence-corrected chi connectivity index (χ1v) is 8.16. The van der Waals surface area contributed by atoms with Gasteiger partial charge in [0.15, 0.2) is 0 Å². The molecule has 0 spiro atoms. The number of anilines is 1. The smallest absolute Gasteiger partial charge is 0.133 e. The lowest BCUT2D eigenvalue weighted by Gasteiger charge is -2.40. The van der Waals surface area contributed by atoms with Crippen LogP contribution in [0.3, 0.4) is 0 Å². The van der Waals surface area contributed by atoms with Crippen LogP contribution in [-0.2, 0) is 0 Å². The molecular weight excluding hydrogens is 286 g/mol. The molecule has 2 aliphatic rings. The maximum absolute atomic E-state index is 5.43. The molecule has 5 rings (SSSR count). The number of aromatic nitrogens is 1. The van der Waals surface area contributed by atoms with Crippen LogP contribution in [0.5, 0.6) is 0 Å². The van der Waals surface area contributed by atoms with Crippen LogP contribution >= 0.6 is 0 Å². The van der Waals surface area contributed by atoms with Crippen LogP contribution in [-0.4, -0.2) is 42.6 Å². The Kier molecular flexibility index (Phi) is 2.76. The van der Waals surface area contributed by atoms with E-state index in [0.717, 1.165) is 36.0 Å². The largest absolute Gasteiger partial charge is 0.464 e. The van der Waals surface area contributed by atoms with Gasteiger partial charge >= 0.3 is 0 Å². The fraction of sp³-hybridized carbons (Fsp3) is 0.316. The van der Waals surface area contributed by atoms with Crippen molar-refractivity contribution in [3.8, 4) is 11.1 Å². The van der Waals surface area contributed by atoms with E-state index < -0.39 is 0 Å². The van der Waals surface area contributed by atoms with E-state index in [0.29, 0.717) is 0 Å². The van der Waals surface area contributed by atoms with Crippen molar-refractivity contribution in [3.63, 3.8) is 0 Å². The molecule has 0 amide bonds. The van der Waals surface area contributed by atoms with Crippen LogP contribution in [0.2, 0.25) is 0 Å². The van der Waals surface area contributed by atoms with Crippen molar-refractivity contribution in [3.05, 3.63) is 49.0 Å². The predicted octanol–water partition coefficient (Wildman–Crippen LogP) is 3.25. The third-order valence-corrected chi connectivity index (χ3v) is 5.37. The van der Waals surface area contributed by atoms with Crippen LogP contribution in [0.25, 0.3) is 22.1 Å². The number of hydrogen-bond donors (Lipinski definition) is 0. The molecule has 1 aromatic carbocycles. The Morgan fingerprint density at radius 3 is 2.87 bits per heavy atom. The van der Waals surface area contributed by atoms with Gasteiger partial charge in [-0.1, -0.05) is 6.07 Å². The normalized spacial score (nSPS) is 24.0. The molecule has 4 heterocycles. The van der Waals surface area contributed by atoms with Crippen molar-refractivity contribution in [1.82, 2.24) is 9.88 Å². The van der Waals surface area contributed by atoms with Gasteiger partial charge in [0, 0.05) is 48.7 Å². The zero-order chi connectivity index (χ0) is 15.4. The lowest BCUT2D eigenvalue weighted by atomic mass is 9.93. The first-order valence-electron chi connectivity index (χ1n) is 8.16. The average Bonchev–Trinajstić information content (AvgIpc) is 3.18. The van der Waals surface area contributed by atoms with Gasteiger partial charge in [-0.25, -0.2) is 0 Å². The van der Waals surface area contributed by atoms with Crippen molar-refractivity contribution < 1.29 is 4.42 Å². The van der Waals surface area contributed by atoms with Gasteiger partial charge in [-0.3, -0.25) is 4.98 Å². The molecule has 2 aliphatic heterocycles. The van der Waals surface area contributed by atoms with E-state index in [1.165, 1.54) is 23.4 Å². The molecule has 2 aromatic heterocycles. The summed E-state index contributed by atoms with van der Waals surface area (Å²) in [5.41, 5.74) is 4.51. The zero-order valence-corrected chi connectivity index (χ0v) is 13.1. The summed E-state index contributed by atoms with van der Waals surface area (Å²) in [6.45, 7) is 3.50. The summed E-state index contributed by atoms with van der Waals surface area (Å²) < 4.78 is 5.43. The fourth-order valence-electron chi connectivity index (χ4n) is 4.02. The predicted molar refractivity (Wildman–Crippen MR) is 91.6 cm³/mol. The lowest BCUT2D eigenvalue weighted by Crippen LogP contribution is -2.52. The highest BCUT2D eigenvalue weighted by atomic mass is 16.3. The van der Waals surface area contributed by atoms with Gasteiger partial charge in [-0.05, 0) is 36.9 Å². The van der Waals surface area contributed by atoms with E-state index in [4.69, 9.17) is 4.42 Å². The summed E-state index contributed by atoms with van der Waals surface area (Å²) >= 11 is 0. The Bertz CT molecular complexity index is 872. The highest BCUT2D eigenvalue weighted by Crippen LogP contribution is 2.35. The van der Waals surface area contributed by atoms with E-state index >= 15 is 0 Å². The highest BCUT2D eigenvalue weighted by molar-refractivity contribution is 5.83. The number of nitrogens with zero attached hydrogens (tertiary/aromatic N) is 3. The van der Waals surface area contributed by atoms with E-state index in [-0.39, 0.29) is 0 Å². The van der Waals surface area contributed by atoms with Gasteiger partial charge in [0.25, 0.3) is 0 Å². The number of benzene rings is 1. The average molecular weight is 305 g/mol. The second kappa shape index (κ2) is 4.83. The Morgan fingerprint density at radius 1 is 1.04 bits per heavy atom. The Hall–Kier alpha value is -2.33. The molecule has 0 saturated carbocycles. The third-order valence-electron chi connectivity index (χ3n) is 5.37. The SMILES string of the molecule is CN1C[C@H]2CN(c3cncc(-c4ccc5occc5c4)c3)C[C@H]21. The third kappa shape index (κ3) is 2.05. The number of likely N-dealkylation sites (tertiary alicyclic amines) is 1. The van der Waals surface area contributed by atoms with Crippen molar-refractivity contribution in [1.29, 1.82) is 0 Å². The maximum Gasteiger partial charge on any atom is 0.133 e. The highest BCUT2D eigenvalue weighted by Gasteiger charge is 2.43. The van der Waals surface area contributed by atoms with Gasteiger partial charge in [0.1, 0.15) is 5.58 Å². The standard InChI is InChI=1S/C19H19N3O/c1-21-10-16-11-22(12-18(16)21)17-7-15(8-20-9-17)13-2-3-19-14(6-13)4-5-23-19/h2-9,16,18H,10-12H2,1H3/t16-,18+/m0/s1. The minimum atomic E-state index is 0.723.